The van der Waals surface area contributed by atoms with Gasteiger partial charge >= 0.3 is 6.03 Å². The highest BCUT2D eigenvalue weighted by molar-refractivity contribution is 5.74. The highest BCUT2D eigenvalue weighted by Gasteiger charge is 2.39. The Kier molecular flexibility index (Phi) is 4.35. The quantitative estimate of drug-likeness (QED) is 0.862. The molecule has 7 nitrogen and oxygen atoms in total. The van der Waals surface area contributed by atoms with Gasteiger partial charge in [-0.2, -0.15) is 0 Å². The molecule has 1 saturated heterocycles. The van der Waals surface area contributed by atoms with Crippen molar-refractivity contribution in [2.24, 2.45) is 17.8 Å². The lowest BCUT2D eigenvalue weighted by atomic mass is 9.89. The number of nitrogens with one attached hydrogen (secondary N) is 2. The summed E-state index contributed by atoms with van der Waals surface area (Å²) in [7, 11) is 0. The van der Waals surface area contributed by atoms with Gasteiger partial charge in [-0.1, -0.05) is 6.42 Å². The zero-order valence-corrected chi connectivity index (χ0v) is 15.5. The van der Waals surface area contributed by atoms with Gasteiger partial charge in [-0.25, -0.2) is 4.79 Å². The van der Waals surface area contributed by atoms with E-state index >= 15 is 0 Å². The number of hydrogen-bond acceptors (Lipinski definition) is 4. The van der Waals surface area contributed by atoms with Crippen LogP contribution in [0.15, 0.2) is 0 Å². The molecule has 7 heteroatoms. The first-order valence-corrected chi connectivity index (χ1v) is 10.4. The van der Waals surface area contributed by atoms with Gasteiger partial charge in [0, 0.05) is 38.6 Å². The molecular weight excluding hydrogens is 328 g/mol. The summed E-state index contributed by atoms with van der Waals surface area (Å²) >= 11 is 0. The monoisotopic (exact) mass is 358 g/mol. The molecule has 0 aromatic carbocycles. The van der Waals surface area contributed by atoms with E-state index in [-0.39, 0.29) is 6.03 Å². The van der Waals surface area contributed by atoms with Crippen molar-refractivity contribution >= 4 is 6.03 Å². The Balaban J connectivity index is 1.12. The van der Waals surface area contributed by atoms with Crippen LogP contribution in [0.25, 0.3) is 0 Å². The molecule has 2 bridgehead atoms. The van der Waals surface area contributed by atoms with Gasteiger partial charge in [-0.3, -0.25) is 0 Å². The van der Waals surface area contributed by atoms with Crippen molar-refractivity contribution < 1.29 is 4.79 Å². The second kappa shape index (κ2) is 6.83. The van der Waals surface area contributed by atoms with Crippen LogP contribution >= 0.6 is 0 Å². The number of hydrogen-bond donors (Lipinski definition) is 2. The maximum absolute atomic E-state index is 12.6. The number of carbonyl (C=O) groups is 1. The van der Waals surface area contributed by atoms with Crippen LogP contribution in [0.5, 0.6) is 0 Å². The van der Waals surface area contributed by atoms with Gasteiger partial charge in [0.2, 0.25) is 0 Å². The fraction of sp³-hybridized carbons (Fsp3) is 0.842. The van der Waals surface area contributed by atoms with E-state index in [1.165, 1.54) is 25.7 Å². The van der Waals surface area contributed by atoms with E-state index < -0.39 is 0 Å². The average Bonchev–Trinajstić information content (AvgIpc) is 3.41. The predicted octanol–water partition coefficient (Wildman–Crippen LogP) is 1.71. The third-order valence-corrected chi connectivity index (χ3v) is 7.20. The predicted molar refractivity (Wildman–Crippen MR) is 97.6 cm³/mol. The first-order chi connectivity index (χ1) is 12.8. The van der Waals surface area contributed by atoms with Crippen molar-refractivity contribution in [3.8, 4) is 0 Å². The normalized spacial score (nSPS) is 31.2. The molecule has 5 rings (SSSR count). The first-order valence-electron chi connectivity index (χ1n) is 10.4. The van der Waals surface area contributed by atoms with Gasteiger partial charge < -0.3 is 20.1 Å². The molecule has 2 aliphatic carbocycles. The number of carbonyl (C=O) groups excluding carboxylic acids is 1. The third-order valence-electron chi connectivity index (χ3n) is 7.20. The summed E-state index contributed by atoms with van der Waals surface area (Å²) in [6.45, 7) is 5.30. The van der Waals surface area contributed by atoms with Gasteiger partial charge in [0.1, 0.15) is 11.6 Å². The number of fused-ring (bicyclic) bond motifs is 3. The molecular formula is C19H30N6O. The first kappa shape index (κ1) is 16.5. The second-order valence-electron chi connectivity index (χ2n) is 8.69. The zero-order chi connectivity index (χ0) is 17.5. The summed E-state index contributed by atoms with van der Waals surface area (Å²) in [6, 6.07) is 0.138. The summed E-state index contributed by atoms with van der Waals surface area (Å²) in [4.78, 5) is 14.6. The van der Waals surface area contributed by atoms with Gasteiger partial charge in [-0.15, -0.1) is 10.2 Å². The molecule has 1 aromatic heterocycles. The van der Waals surface area contributed by atoms with Crippen LogP contribution < -0.4 is 10.6 Å². The van der Waals surface area contributed by atoms with Crippen LogP contribution in [0.4, 0.5) is 4.79 Å². The van der Waals surface area contributed by atoms with E-state index in [0.29, 0.717) is 5.92 Å². The van der Waals surface area contributed by atoms with Crippen LogP contribution in [-0.2, 0) is 13.1 Å². The number of piperidine rings is 1. The number of nitrogens with zero attached hydrogens (tertiary/aromatic N) is 4. The van der Waals surface area contributed by atoms with Crippen LogP contribution in [0.1, 0.15) is 56.1 Å². The molecule has 2 aliphatic heterocycles. The highest BCUT2D eigenvalue weighted by Crippen LogP contribution is 2.47. The molecule has 4 aliphatic rings. The fourth-order valence-corrected chi connectivity index (χ4v) is 5.71. The van der Waals surface area contributed by atoms with Gasteiger partial charge in [-0.05, 0) is 49.9 Å². The Labute approximate surface area is 154 Å². The van der Waals surface area contributed by atoms with Crippen LogP contribution in [0.3, 0.4) is 0 Å². The van der Waals surface area contributed by atoms with E-state index in [1.54, 1.807) is 0 Å². The molecule has 3 heterocycles. The lowest BCUT2D eigenvalue weighted by molar-refractivity contribution is 0.176. The lowest BCUT2D eigenvalue weighted by Crippen LogP contribution is -2.46. The smallest absolute Gasteiger partial charge is 0.317 e. The van der Waals surface area contributed by atoms with Crippen LogP contribution in [-0.4, -0.2) is 51.9 Å². The standard InChI is InChI=1S/C19H30N6O/c26-19(21-11-16-10-13-1-2-15(16)9-13)24-6-3-14(4-7-24)18-23-22-17-12-20-5-8-25(17)18/h13-16,20H,1-12H2,(H,21,26). The number of likely N-dealkylation sites (tertiary alicyclic amines) is 1. The van der Waals surface area contributed by atoms with Crippen molar-refractivity contribution in [3.63, 3.8) is 0 Å². The fourth-order valence-electron chi connectivity index (χ4n) is 5.71. The second-order valence-corrected chi connectivity index (χ2v) is 8.69. The largest absolute Gasteiger partial charge is 0.338 e. The molecule has 3 unspecified atom stereocenters. The Bertz CT molecular complexity index is 665. The molecule has 3 atom stereocenters. The Morgan fingerprint density at radius 3 is 2.77 bits per heavy atom. The van der Waals surface area contributed by atoms with Crippen molar-refractivity contribution in [2.45, 2.75) is 57.5 Å². The summed E-state index contributed by atoms with van der Waals surface area (Å²) in [5.74, 6) is 5.16. The summed E-state index contributed by atoms with van der Waals surface area (Å²) < 4.78 is 2.28. The van der Waals surface area contributed by atoms with E-state index in [0.717, 1.165) is 81.5 Å². The summed E-state index contributed by atoms with van der Waals surface area (Å²) in [5.41, 5.74) is 0. The SMILES string of the molecule is O=C(NCC1CC2CCC1C2)N1CCC(c2nnc3n2CCNC3)CC1. The van der Waals surface area contributed by atoms with Gasteiger partial charge in [0.15, 0.2) is 0 Å². The number of rotatable bonds is 3. The van der Waals surface area contributed by atoms with Crippen molar-refractivity contribution in [1.29, 1.82) is 0 Å². The Hall–Kier alpha value is -1.63. The minimum atomic E-state index is 0.138. The van der Waals surface area contributed by atoms with E-state index in [2.05, 4.69) is 25.4 Å². The number of urea groups is 1. The van der Waals surface area contributed by atoms with Crippen molar-refractivity contribution in [1.82, 2.24) is 30.3 Å². The lowest BCUT2D eigenvalue weighted by Gasteiger charge is -2.33. The van der Waals surface area contributed by atoms with E-state index in [1.807, 2.05) is 4.90 Å². The maximum atomic E-state index is 12.6. The topological polar surface area (TPSA) is 75.1 Å². The number of amides is 2. The van der Waals surface area contributed by atoms with Crippen molar-refractivity contribution in [3.05, 3.63) is 11.6 Å². The Morgan fingerprint density at radius 2 is 2.00 bits per heavy atom. The molecule has 2 saturated carbocycles. The summed E-state index contributed by atoms with van der Waals surface area (Å²) in [6.07, 6.45) is 7.53. The molecule has 0 spiro atoms. The average molecular weight is 358 g/mol. The van der Waals surface area contributed by atoms with Gasteiger partial charge in [0.05, 0.1) is 6.54 Å². The zero-order valence-electron chi connectivity index (χ0n) is 15.5. The summed E-state index contributed by atoms with van der Waals surface area (Å²) in [5, 5.41) is 15.4. The van der Waals surface area contributed by atoms with Crippen molar-refractivity contribution in [2.75, 3.05) is 26.2 Å². The molecule has 142 valence electrons. The Morgan fingerprint density at radius 1 is 1.12 bits per heavy atom. The minimum Gasteiger partial charge on any atom is -0.338 e. The molecule has 0 radical (unpaired) electrons. The maximum Gasteiger partial charge on any atom is 0.317 e. The molecule has 3 fully saturated rings. The highest BCUT2D eigenvalue weighted by atomic mass is 16.2. The van der Waals surface area contributed by atoms with E-state index in [4.69, 9.17) is 0 Å². The van der Waals surface area contributed by atoms with Crippen LogP contribution in [0, 0.1) is 17.8 Å². The molecule has 2 amide bonds. The van der Waals surface area contributed by atoms with E-state index in [9.17, 15) is 4.79 Å². The van der Waals surface area contributed by atoms with Gasteiger partial charge in [0.25, 0.3) is 0 Å². The molecule has 26 heavy (non-hydrogen) atoms. The third kappa shape index (κ3) is 3.00. The number of aromatic nitrogens is 3. The molecule has 2 N–H and O–H groups in total. The van der Waals surface area contributed by atoms with Crippen LogP contribution in [0.2, 0.25) is 0 Å². The molecule has 1 aromatic rings. The minimum absolute atomic E-state index is 0.138.